The molecule has 0 aromatic carbocycles. The molecule has 0 aliphatic carbocycles. The maximum atomic E-state index is 13.9. The Morgan fingerprint density at radius 1 is 0.852 bits per heavy atom. The highest BCUT2D eigenvalue weighted by Gasteiger charge is 2.46. The minimum Gasteiger partial charge on any atom is -0.480 e. The molecule has 296 valence electrons. The van der Waals surface area contributed by atoms with Gasteiger partial charge in [0.15, 0.2) is 5.96 Å². The minimum atomic E-state index is -1.28. The number of rotatable bonds is 16. The Kier molecular flexibility index (Phi) is 13.8. The maximum absolute atomic E-state index is 13.9. The number of hydrogen-bond acceptors (Lipinski definition) is 10. The van der Waals surface area contributed by atoms with Crippen LogP contribution in [0.3, 0.4) is 0 Å². The summed E-state index contributed by atoms with van der Waals surface area (Å²) in [6.45, 7) is 1.62. The van der Waals surface area contributed by atoms with E-state index in [2.05, 4.69) is 36.2 Å². The third kappa shape index (κ3) is 10.0. The summed E-state index contributed by atoms with van der Waals surface area (Å²) in [6, 6.07) is -5.01. The number of nitrogens with one attached hydrogen (secondary N) is 5. The molecule has 10 N–H and O–H groups in total. The van der Waals surface area contributed by atoms with Gasteiger partial charge in [-0.3, -0.25) is 33.8 Å². The number of carboxylic acids is 1. The largest absolute Gasteiger partial charge is 0.480 e. The fraction of sp³-hybridized carbons (Fsp3) is 0.676. The lowest BCUT2D eigenvalue weighted by molar-refractivity contribution is -0.150. The first-order valence-electron chi connectivity index (χ1n) is 18.7. The highest BCUT2D eigenvalue weighted by Crippen LogP contribution is 2.29. The van der Waals surface area contributed by atoms with Gasteiger partial charge < -0.3 is 57.5 Å². The first-order chi connectivity index (χ1) is 25.9. The van der Waals surface area contributed by atoms with E-state index in [4.69, 9.17) is 11.5 Å². The molecule has 20 nitrogen and oxygen atoms in total. The molecule has 20 heteroatoms. The van der Waals surface area contributed by atoms with Crippen LogP contribution in [0, 0.1) is 0 Å². The van der Waals surface area contributed by atoms with E-state index in [0.717, 1.165) is 19.4 Å². The molecular formula is C34H52N12O8. The van der Waals surface area contributed by atoms with E-state index < -0.39 is 60.4 Å². The van der Waals surface area contributed by atoms with Crippen LogP contribution in [-0.4, -0.2) is 153 Å². The van der Waals surface area contributed by atoms with Crippen molar-refractivity contribution in [2.75, 3.05) is 39.3 Å². The number of likely N-dealkylation sites (tertiary alicyclic amines) is 3. The zero-order valence-corrected chi connectivity index (χ0v) is 30.3. The number of guanidine groups is 1. The van der Waals surface area contributed by atoms with Crippen LogP contribution in [0.4, 0.5) is 0 Å². The summed E-state index contributed by atoms with van der Waals surface area (Å²) in [5, 5.41) is 20.5. The molecule has 0 spiro atoms. The van der Waals surface area contributed by atoms with Gasteiger partial charge in [-0.2, -0.15) is 0 Å². The van der Waals surface area contributed by atoms with E-state index in [-0.39, 0.29) is 55.5 Å². The van der Waals surface area contributed by atoms with Gasteiger partial charge in [-0.25, -0.2) is 9.78 Å². The summed E-state index contributed by atoms with van der Waals surface area (Å²) in [5.41, 5.74) is 11.1. The molecular weight excluding hydrogens is 704 g/mol. The quantitative estimate of drug-likeness (QED) is 0.0473. The Morgan fingerprint density at radius 2 is 1.48 bits per heavy atom. The Hall–Kier alpha value is -5.27. The first-order valence-corrected chi connectivity index (χ1v) is 18.7. The molecule has 5 rings (SSSR count). The standard InChI is InChI=1S/C34H52N12O8/c35-34(36)39-12-2-7-22(33(53)54)43-28(48)23(16-20-17-37-19-41-20)42-27(47)18-40-29(49)24-8-3-13-44(24)31(51)26-10-5-15-46(26)32(52)25-9-4-14-45(25)30(50)21-6-1-11-38-21/h17,19,21-26,38H,1-16,18H2,(H,37,41)(H,40,49)(H,42,47)(H,43,48)(H,53,54)(H4,35,36,39)/t21-,22-,23-,24-,25-,26-/m0/s1. The minimum absolute atomic E-state index is 0.0266. The van der Waals surface area contributed by atoms with Crippen molar-refractivity contribution in [3.63, 3.8) is 0 Å². The molecule has 6 atom stereocenters. The number of carboxylic acid groups (broad SMARTS) is 1. The molecule has 1 aromatic rings. The summed E-state index contributed by atoms with van der Waals surface area (Å²) in [6.07, 6.45) is 7.98. The van der Waals surface area contributed by atoms with Gasteiger partial charge in [0.25, 0.3) is 0 Å². The molecule has 4 aliphatic heterocycles. The number of nitrogens with zero attached hydrogens (tertiary/aromatic N) is 5. The number of aliphatic carboxylic acids is 1. The van der Waals surface area contributed by atoms with Crippen molar-refractivity contribution in [3.05, 3.63) is 18.2 Å². The van der Waals surface area contributed by atoms with Crippen molar-refractivity contribution < 1.29 is 38.7 Å². The Labute approximate surface area is 312 Å². The van der Waals surface area contributed by atoms with Crippen LogP contribution in [0.15, 0.2) is 17.5 Å². The van der Waals surface area contributed by atoms with Crippen molar-refractivity contribution in [3.8, 4) is 0 Å². The number of carbonyl (C=O) groups is 7. The second-order valence-electron chi connectivity index (χ2n) is 14.2. The number of H-pyrrole nitrogens is 1. The zero-order valence-electron chi connectivity index (χ0n) is 30.3. The van der Waals surface area contributed by atoms with Crippen LogP contribution >= 0.6 is 0 Å². The smallest absolute Gasteiger partial charge is 0.326 e. The third-order valence-corrected chi connectivity index (χ3v) is 10.5. The summed E-state index contributed by atoms with van der Waals surface area (Å²) in [4.78, 5) is 108. The molecule has 0 bridgehead atoms. The van der Waals surface area contributed by atoms with Crippen molar-refractivity contribution in [2.45, 2.75) is 107 Å². The van der Waals surface area contributed by atoms with Crippen LogP contribution in [0.2, 0.25) is 0 Å². The van der Waals surface area contributed by atoms with Crippen molar-refractivity contribution in [2.24, 2.45) is 16.5 Å². The zero-order chi connectivity index (χ0) is 38.8. The topological polar surface area (TPSA) is 291 Å². The molecule has 0 radical (unpaired) electrons. The van der Waals surface area contributed by atoms with Crippen molar-refractivity contribution >= 4 is 47.4 Å². The number of carbonyl (C=O) groups excluding carboxylic acids is 6. The maximum Gasteiger partial charge on any atom is 0.326 e. The van der Waals surface area contributed by atoms with E-state index in [1.807, 2.05) is 0 Å². The summed E-state index contributed by atoms with van der Waals surface area (Å²) >= 11 is 0. The van der Waals surface area contributed by atoms with Crippen LogP contribution in [0.5, 0.6) is 0 Å². The van der Waals surface area contributed by atoms with E-state index >= 15 is 0 Å². The molecule has 1 aromatic heterocycles. The average Bonchev–Trinajstić information content (AvgIpc) is 4.00. The van der Waals surface area contributed by atoms with Crippen molar-refractivity contribution in [1.29, 1.82) is 0 Å². The van der Waals surface area contributed by atoms with E-state index in [0.29, 0.717) is 63.9 Å². The second-order valence-corrected chi connectivity index (χ2v) is 14.2. The lowest BCUT2D eigenvalue weighted by Crippen LogP contribution is -2.57. The van der Waals surface area contributed by atoms with E-state index in [9.17, 15) is 38.7 Å². The molecule has 4 fully saturated rings. The van der Waals surface area contributed by atoms with Gasteiger partial charge in [-0.15, -0.1) is 0 Å². The summed E-state index contributed by atoms with van der Waals surface area (Å²) in [7, 11) is 0. The van der Waals surface area contributed by atoms with Gasteiger partial charge in [0, 0.05) is 44.5 Å². The average molecular weight is 757 g/mol. The lowest BCUT2D eigenvalue weighted by Gasteiger charge is -2.34. The fourth-order valence-corrected chi connectivity index (χ4v) is 7.75. The molecule has 4 saturated heterocycles. The first kappa shape index (κ1) is 39.9. The van der Waals surface area contributed by atoms with Gasteiger partial charge in [0.05, 0.1) is 18.9 Å². The molecule has 6 amide bonds. The SMILES string of the molecule is NC(N)=NCCC[C@H](NC(=O)[C@H](Cc1cnc[nH]1)NC(=O)CNC(=O)[C@@H]1CCCN1C(=O)[C@@H]1CCCN1C(=O)[C@@H]1CCCN1C(=O)[C@@H]1CCCN1)C(=O)O. The van der Waals surface area contributed by atoms with Crippen LogP contribution in [0.25, 0.3) is 0 Å². The van der Waals surface area contributed by atoms with Crippen LogP contribution in [-0.2, 0) is 40.0 Å². The fourth-order valence-electron chi connectivity index (χ4n) is 7.75. The number of hydrogen-bond donors (Lipinski definition) is 8. The second kappa shape index (κ2) is 18.7. The number of aromatic nitrogens is 2. The van der Waals surface area contributed by atoms with Crippen LogP contribution < -0.4 is 32.7 Å². The number of aromatic amines is 1. The Bertz CT molecular complexity index is 1560. The monoisotopic (exact) mass is 756 g/mol. The highest BCUT2D eigenvalue weighted by atomic mass is 16.4. The molecule has 54 heavy (non-hydrogen) atoms. The predicted molar refractivity (Wildman–Crippen MR) is 192 cm³/mol. The predicted octanol–water partition coefficient (Wildman–Crippen LogP) is -3.10. The highest BCUT2D eigenvalue weighted by molar-refractivity contribution is 5.97. The normalized spacial score (nSPS) is 23.4. The van der Waals surface area contributed by atoms with Gasteiger partial charge in [-0.05, 0) is 70.8 Å². The third-order valence-electron chi connectivity index (χ3n) is 10.5. The van der Waals surface area contributed by atoms with Gasteiger partial charge in [0.2, 0.25) is 35.4 Å². The van der Waals surface area contributed by atoms with Gasteiger partial charge >= 0.3 is 5.97 Å². The number of imidazole rings is 1. The molecule has 0 unspecified atom stereocenters. The lowest BCUT2D eigenvalue weighted by atomic mass is 10.1. The van der Waals surface area contributed by atoms with Crippen molar-refractivity contribution in [1.82, 2.24) is 45.9 Å². The number of nitrogens with two attached hydrogens (primary N) is 2. The van der Waals surface area contributed by atoms with E-state index in [1.54, 1.807) is 9.80 Å². The molecule has 4 aliphatic rings. The van der Waals surface area contributed by atoms with Gasteiger partial charge in [-0.1, -0.05) is 0 Å². The Balaban J connectivity index is 1.16. The van der Waals surface area contributed by atoms with Crippen LogP contribution in [0.1, 0.15) is 69.9 Å². The summed E-state index contributed by atoms with van der Waals surface area (Å²) < 4.78 is 0. The number of amides is 6. The molecule has 5 heterocycles. The Morgan fingerprint density at radius 3 is 2.06 bits per heavy atom. The molecule has 0 saturated carbocycles. The number of aliphatic imine (C=N–C) groups is 1. The van der Waals surface area contributed by atoms with Gasteiger partial charge in [0.1, 0.15) is 30.2 Å². The summed E-state index contributed by atoms with van der Waals surface area (Å²) in [5.74, 6) is -4.08. The van der Waals surface area contributed by atoms with E-state index in [1.165, 1.54) is 17.4 Å².